The van der Waals surface area contributed by atoms with Crippen molar-refractivity contribution in [3.63, 3.8) is 0 Å². The largest absolute Gasteiger partial charge is 0.416 e. The van der Waals surface area contributed by atoms with Crippen molar-refractivity contribution in [1.29, 1.82) is 0 Å². The van der Waals surface area contributed by atoms with Crippen LogP contribution in [-0.2, 0) is 11.0 Å². The molecule has 26 heavy (non-hydrogen) atoms. The lowest BCUT2D eigenvalue weighted by molar-refractivity contribution is -0.137. The molecule has 1 aromatic carbocycles. The van der Waals surface area contributed by atoms with Crippen LogP contribution in [-0.4, -0.2) is 38.5 Å². The number of alkyl halides is 7. The van der Waals surface area contributed by atoms with Gasteiger partial charge in [0, 0.05) is 6.54 Å². The summed E-state index contributed by atoms with van der Waals surface area (Å²) in [6, 6.07) is 2.96. The molecular formula is C14H10Cl4F3N3O2. The lowest BCUT2D eigenvalue weighted by Crippen LogP contribution is -2.34. The van der Waals surface area contributed by atoms with Gasteiger partial charge in [-0.25, -0.2) is 14.7 Å². The Morgan fingerprint density at radius 1 is 1.19 bits per heavy atom. The zero-order valence-corrected chi connectivity index (χ0v) is 15.9. The Morgan fingerprint density at radius 3 is 2.31 bits per heavy atom. The number of carbonyl (C=O) groups excluding carboxylic acids is 2. The first-order chi connectivity index (χ1) is 11.9. The van der Waals surface area contributed by atoms with Crippen molar-refractivity contribution < 1.29 is 22.8 Å². The highest BCUT2D eigenvalue weighted by molar-refractivity contribution is 6.70. The maximum Gasteiger partial charge on any atom is 0.416 e. The van der Waals surface area contributed by atoms with Gasteiger partial charge in [0.1, 0.15) is 0 Å². The maximum atomic E-state index is 13.0. The Kier molecular flexibility index (Phi) is 6.02. The lowest BCUT2D eigenvalue weighted by Gasteiger charge is -2.19. The molecule has 0 radical (unpaired) electrons. The number of urea groups is 1. The highest BCUT2D eigenvalue weighted by Gasteiger charge is 2.45. The summed E-state index contributed by atoms with van der Waals surface area (Å²) in [5.41, 5.74) is -2.78. The summed E-state index contributed by atoms with van der Waals surface area (Å²) in [5, 5.41) is 0. The van der Waals surface area contributed by atoms with Crippen molar-refractivity contribution in [2.75, 3.05) is 11.4 Å². The van der Waals surface area contributed by atoms with Gasteiger partial charge in [-0.2, -0.15) is 13.2 Å². The van der Waals surface area contributed by atoms with E-state index in [1.165, 1.54) is 13.0 Å². The van der Waals surface area contributed by atoms with Gasteiger partial charge < -0.3 is 0 Å². The molecule has 1 aliphatic rings. The standard InChI is InChI=1S/C14H10Cl4F3N3O2/c1-2-23-10(25)9(22-11(15)13(16,17)18)24(12(23)26)8-5-3-4-7(6-8)14(19,20)21/h3-6,11H,2H2,1H3/b22-9-. The molecule has 0 aliphatic carbocycles. The normalized spacial score (nSPS) is 18.8. The van der Waals surface area contributed by atoms with Gasteiger partial charge in [0.05, 0.1) is 11.3 Å². The van der Waals surface area contributed by atoms with E-state index < -0.39 is 38.8 Å². The number of anilines is 1. The fourth-order valence-electron chi connectivity index (χ4n) is 2.14. The number of amidine groups is 1. The predicted octanol–water partition coefficient (Wildman–Crippen LogP) is 4.83. The fraction of sp³-hybridized carbons (Fsp3) is 0.357. The van der Waals surface area contributed by atoms with Crippen LogP contribution in [0.15, 0.2) is 29.3 Å². The minimum Gasteiger partial charge on any atom is -0.265 e. The first-order valence-electron chi connectivity index (χ1n) is 6.99. The third-order valence-corrected chi connectivity index (χ3v) is 4.70. The summed E-state index contributed by atoms with van der Waals surface area (Å²) in [4.78, 5) is 30.1. The molecule has 1 fully saturated rings. The van der Waals surface area contributed by atoms with E-state index >= 15 is 0 Å². The minimum absolute atomic E-state index is 0.0349. The SMILES string of the molecule is CCN1C(=O)/C(=N/C(Cl)C(Cl)(Cl)Cl)N(c2cccc(C(F)(F)F)c2)C1=O. The van der Waals surface area contributed by atoms with Crippen LogP contribution in [0.4, 0.5) is 23.7 Å². The van der Waals surface area contributed by atoms with Gasteiger partial charge in [-0.1, -0.05) is 52.5 Å². The van der Waals surface area contributed by atoms with E-state index in [0.717, 1.165) is 17.0 Å². The number of likely N-dealkylation sites (N-methyl/N-ethyl adjacent to an activating group) is 1. The third-order valence-electron chi connectivity index (χ3n) is 3.32. The fourth-order valence-corrected chi connectivity index (χ4v) is 2.38. The average molecular weight is 451 g/mol. The number of hydrogen-bond acceptors (Lipinski definition) is 3. The van der Waals surface area contributed by atoms with Crippen molar-refractivity contribution in [3.05, 3.63) is 29.8 Å². The Morgan fingerprint density at radius 2 is 1.81 bits per heavy atom. The van der Waals surface area contributed by atoms with Crippen molar-refractivity contribution in [2.45, 2.75) is 22.4 Å². The summed E-state index contributed by atoms with van der Waals surface area (Å²) in [6.45, 7) is 1.48. The molecule has 1 atom stereocenters. The second-order valence-electron chi connectivity index (χ2n) is 5.05. The number of carbonyl (C=O) groups is 2. The molecule has 1 saturated heterocycles. The third kappa shape index (κ3) is 4.19. The zero-order chi connectivity index (χ0) is 19.9. The van der Waals surface area contributed by atoms with Gasteiger partial charge in [0.15, 0.2) is 5.50 Å². The highest BCUT2D eigenvalue weighted by atomic mass is 35.6. The van der Waals surface area contributed by atoms with E-state index in [9.17, 15) is 22.8 Å². The van der Waals surface area contributed by atoms with Gasteiger partial charge >= 0.3 is 12.2 Å². The number of imide groups is 1. The van der Waals surface area contributed by atoms with Crippen molar-refractivity contribution >= 4 is 69.9 Å². The van der Waals surface area contributed by atoms with Crippen LogP contribution in [0.2, 0.25) is 0 Å². The lowest BCUT2D eigenvalue weighted by atomic mass is 10.2. The van der Waals surface area contributed by atoms with Crippen LogP contribution in [0.1, 0.15) is 12.5 Å². The number of aliphatic imine (C=N–C) groups is 1. The van der Waals surface area contributed by atoms with Crippen LogP contribution in [0.25, 0.3) is 0 Å². The van der Waals surface area contributed by atoms with Gasteiger partial charge in [-0.3, -0.25) is 9.69 Å². The van der Waals surface area contributed by atoms with Crippen LogP contribution in [0.3, 0.4) is 0 Å². The Labute approximate surface area is 166 Å². The minimum atomic E-state index is -4.64. The molecule has 12 heteroatoms. The first kappa shape index (κ1) is 21.1. The predicted molar refractivity (Wildman–Crippen MR) is 94.1 cm³/mol. The van der Waals surface area contributed by atoms with E-state index in [2.05, 4.69) is 4.99 Å². The highest BCUT2D eigenvalue weighted by Crippen LogP contribution is 2.36. The Balaban J connectivity index is 2.58. The van der Waals surface area contributed by atoms with E-state index in [1.807, 2.05) is 0 Å². The van der Waals surface area contributed by atoms with Crippen molar-refractivity contribution in [2.24, 2.45) is 4.99 Å². The number of halogens is 7. The second-order valence-corrected chi connectivity index (χ2v) is 7.83. The Bertz CT molecular complexity index is 765. The number of nitrogens with zero attached hydrogens (tertiary/aromatic N) is 3. The topological polar surface area (TPSA) is 53.0 Å². The molecule has 0 bridgehead atoms. The van der Waals surface area contributed by atoms with E-state index in [1.54, 1.807) is 0 Å². The van der Waals surface area contributed by atoms with Gasteiger partial charge in [0.25, 0.3) is 5.91 Å². The average Bonchev–Trinajstić information content (AvgIpc) is 2.76. The molecule has 0 aromatic heterocycles. The van der Waals surface area contributed by atoms with Gasteiger partial charge in [-0.05, 0) is 25.1 Å². The summed E-state index contributed by atoms with van der Waals surface area (Å²) in [7, 11) is 0. The monoisotopic (exact) mass is 449 g/mol. The summed E-state index contributed by atoms with van der Waals surface area (Å²) >= 11 is 22.7. The van der Waals surface area contributed by atoms with Crippen LogP contribution >= 0.6 is 46.4 Å². The molecule has 5 nitrogen and oxygen atoms in total. The molecule has 1 aromatic rings. The quantitative estimate of drug-likeness (QED) is 0.376. The van der Waals surface area contributed by atoms with Gasteiger partial charge in [-0.15, -0.1) is 0 Å². The van der Waals surface area contributed by atoms with Crippen molar-refractivity contribution in [3.8, 4) is 0 Å². The Hall–Kier alpha value is -1.22. The molecule has 1 aliphatic heterocycles. The zero-order valence-electron chi connectivity index (χ0n) is 12.9. The summed E-state index contributed by atoms with van der Waals surface area (Å²) < 4.78 is 36.8. The number of rotatable bonds is 3. The number of amides is 3. The van der Waals surface area contributed by atoms with E-state index in [0.29, 0.717) is 11.0 Å². The second kappa shape index (κ2) is 7.42. The summed E-state index contributed by atoms with van der Waals surface area (Å²) in [6.07, 6.45) is -4.64. The number of hydrogen-bond donors (Lipinski definition) is 0. The maximum absolute atomic E-state index is 13.0. The molecule has 1 unspecified atom stereocenters. The molecule has 2 rings (SSSR count). The molecule has 3 amide bonds. The molecule has 0 spiro atoms. The van der Waals surface area contributed by atoms with Crippen LogP contribution in [0.5, 0.6) is 0 Å². The summed E-state index contributed by atoms with van der Waals surface area (Å²) in [5.74, 6) is -1.41. The van der Waals surface area contributed by atoms with E-state index in [4.69, 9.17) is 46.4 Å². The van der Waals surface area contributed by atoms with Gasteiger partial charge in [0.2, 0.25) is 9.63 Å². The van der Waals surface area contributed by atoms with E-state index in [-0.39, 0.29) is 12.2 Å². The molecule has 0 saturated carbocycles. The first-order valence-corrected chi connectivity index (χ1v) is 8.56. The molecule has 142 valence electrons. The van der Waals surface area contributed by atoms with Crippen molar-refractivity contribution in [1.82, 2.24) is 4.90 Å². The molecular weight excluding hydrogens is 441 g/mol. The number of benzene rings is 1. The molecule has 0 N–H and O–H groups in total. The molecule has 1 heterocycles. The van der Waals surface area contributed by atoms with Crippen LogP contribution in [0, 0.1) is 0 Å². The van der Waals surface area contributed by atoms with Crippen LogP contribution < -0.4 is 4.90 Å². The smallest absolute Gasteiger partial charge is 0.265 e.